The normalized spacial score (nSPS) is 11.8. The molecule has 0 spiro atoms. The first-order valence-corrected chi connectivity index (χ1v) is 8.48. The smallest absolute Gasteiger partial charge is 0.304 e. The predicted molar refractivity (Wildman–Crippen MR) is 97.6 cm³/mol. The molecule has 11 heteroatoms. The van der Waals surface area contributed by atoms with E-state index in [1.807, 2.05) is 0 Å². The number of anilines is 1. The summed E-state index contributed by atoms with van der Waals surface area (Å²) in [5.74, 6) is -2.04. The van der Waals surface area contributed by atoms with Crippen LogP contribution in [0.5, 0.6) is 0 Å². The van der Waals surface area contributed by atoms with Crippen molar-refractivity contribution in [2.45, 2.75) is 6.18 Å². The zero-order chi connectivity index (χ0) is 20.8. The molecule has 0 unspecified atom stereocenters. The van der Waals surface area contributed by atoms with E-state index >= 15 is 0 Å². The fourth-order valence-electron chi connectivity index (χ4n) is 2.86. The number of nitrogens with one attached hydrogen (secondary N) is 2. The Hall–Kier alpha value is -3.40. The minimum Gasteiger partial charge on any atom is -0.304 e. The maximum atomic E-state index is 14.0. The molecule has 0 radical (unpaired) electrons. The highest BCUT2D eigenvalue weighted by atomic mass is 35.5. The lowest BCUT2D eigenvalue weighted by atomic mass is 10.2. The van der Waals surface area contributed by atoms with E-state index in [4.69, 9.17) is 11.6 Å². The Morgan fingerprint density at radius 3 is 2.55 bits per heavy atom. The molecule has 4 rings (SSSR count). The summed E-state index contributed by atoms with van der Waals surface area (Å²) in [6.07, 6.45) is -4.10. The van der Waals surface area contributed by atoms with Crippen molar-refractivity contribution in [3.05, 3.63) is 70.8 Å². The second-order valence-electron chi connectivity index (χ2n) is 5.98. The first-order chi connectivity index (χ1) is 13.8. The first-order valence-electron chi connectivity index (χ1n) is 8.11. The molecule has 29 heavy (non-hydrogen) atoms. The van der Waals surface area contributed by atoms with Gasteiger partial charge in [-0.25, -0.2) is 9.07 Å². The number of benzene rings is 2. The molecular weight excluding hydrogens is 414 g/mol. The number of rotatable bonds is 3. The van der Waals surface area contributed by atoms with Gasteiger partial charge in [0.05, 0.1) is 28.4 Å². The summed E-state index contributed by atoms with van der Waals surface area (Å²) >= 11 is 5.77. The molecule has 2 aromatic heterocycles. The van der Waals surface area contributed by atoms with Gasteiger partial charge >= 0.3 is 6.18 Å². The molecule has 0 saturated heterocycles. The maximum absolute atomic E-state index is 14.0. The fourth-order valence-corrected chi connectivity index (χ4v) is 2.99. The average Bonchev–Trinajstić information content (AvgIpc) is 3.28. The molecule has 1 amide bonds. The lowest BCUT2D eigenvalue weighted by Gasteiger charge is -2.12. The fraction of sp³-hybridized carbons (Fsp3) is 0.0556. The van der Waals surface area contributed by atoms with Gasteiger partial charge in [0.25, 0.3) is 5.91 Å². The molecule has 0 atom stereocenters. The second-order valence-corrected chi connectivity index (χ2v) is 6.42. The van der Waals surface area contributed by atoms with Crippen molar-refractivity contribution in [1.82, 2.24) is 20.0 Å². The van der Waals surface area contributed by atoms with E-state index in [1.165, 1.54) is 36.4 Å². The second kappa shape index (κ2) is 6.89. The van der Waals surface area contributed by atoms with Crippen molar-refractivity contribution in [3.8, 4) is 5.69 Å². The van der Waals surface area contributed by atoms with E-state index in [9.17, 15) is 22.4 Å². The van der Waals surface area contributed by atoms with Gasteiger partial charge in [0, 0.05) is 5.02 Å². The highest BCUT2D eigenvalue weighted by Crippen LogP contribution is 2.34. The van der Waals surface area contributed by atoms with E-state index in [2.05, 4.69) is 20.6 Å². The van der Waals surface area contributed by atoms with E-state index in [0.29, 0.717) is 9.70 Å². The summed E-state index contributed by atoms with van der Waals surface area (Å²) in [7, 11) is 0. The number of hydrogen-bond donors (Lipinski definition) is 2. The summed E-state index contributed by atoms with van der Waals surface area (Å²) in [5, 5.41) is 12.5. The van der Waals surface area contributed by atoms with Crippen LogP contribution >= 0.6 is 11.6 Å². The topological polar surface area (TPSA) is 75.6 Å². The number of alkyl halides is 3. The highest BCUT2D eigenvalue weighted by molar-refractivity contribution is 6.30. The number of aromatic amines is 1. The van der Waals surface area contributed by atoms with Crippen LogP contribution in [0.25, 0.3) is 16.6 Å². The van der Waals surface area contributed by atoms with Gasteiger partial charge in [-0.3, -0.25) is 9.89 Å². The Bertz CT molecular complexity index is 1210. The SMILES string of the molecule is O=C(Nc1n[nH]c2cccc(F)c12)c1cnn(-c2ccc(Cl)cc2)c1C(F)(F)F. The lowest BCUT2D eigenvalue weighted by Crippen LogP contribution is -2.21. The highest BCUT2D eigenvalue weighted by Gasteiger charge is 2.40. The molecular formula is C18H10ClF4N5O. The number of carbonyl (C=O) groups excluding carboxylic acids is 1. The minimum atomic E-state index is -4.89. The van der Waals surface area contributed by atoms with Gasteiger partial charge in [-0.05, 0) is 36.4 Å². The van der Waals surface area contributed by atoms with Crippen LogP contribution in [0, 0.1) is 5.82 Å². The Labute approximate surface area is 165 Å². The zero-order valence-corrected chi connectivity index (χ0v) is 15.0. The molecule has 2 heterocycles. The van der Waals surface area contributed by atoms with Crippen LogP contribution in [0.4, 0.5) is 23.4 Å². The van der Waals surface area contributed by atoms with Crippen molar-refractivity contribution in [1.29, 1.82) is 0 Å². The van der Waals surface area contributed by atoms with Gasteiger partial charge in [-0.1, -0.05) is 17.7 Å². The maximum Gasteiger partial charge on any atom is 0.434 e. The van der Waals surface area contributed by atoms with Crippen molar-refractivity contribution < 1.29 is 22.4 Å². The standard InChI is InChI=1S/C18H10ClF4N5O/c19-9-4-6-10(7-5-9)28-15(18(21,22)23)11(8-24-28)17(29)25-16-14-12(20)2-1-3-13(14)26-27-16/h1-8H,(H2,25,26,27,29). The Morgan fingerprint density at radius 2 is 1.86 bits per heavy atom. The van der Waals surface area contributed by atoms with Crippen LogP contribution in [-0.2, 0) is 6.18 Å². The number of halogens is 5. The van der Waals surface area contributed by atoms with E-state index in [1.54, 1.807) is 0 Å². The van der Waals surface area contributed by atoms with E-state index < -0.39 is 29.2 Å². The molecule has 2 aromatic carbocycles. The minimum absolute atomic E-state index is 0.0421. The number of aromatic nitrogens is 4. The van der Waals surface area contributed by atoms with Gasteiger partial charge in [0.15, 0.2) is 11.5 Å². The van der Waals surface area contributed by atoms with Crippen molar-refractivity contribution in [2.75, 3.05) is 5.32 Å². The van der Waals surface area contributed by atoms with Crippen LogP contribution in [0.1, 0.15) is 16.1 Å². The quantitative estimate of drug-likeness (QED) is 0.464. The molecule has 0 fully saturated rings. The number of fused-ring (bicyclic) bond motifs is 1. The summed E-state index contributed by atoms with van der Waals surface area (Å²) in [4.78, 5) is 12.6. The molecule has 2 N–H and O–H groups in total. The Kier molecular flexibility index (Phi) is 4.50. The molecule has 0 aliphatic heterocycles. The molecule has 6 nitrogen and oxygen atoms in total. The van der Waals surface area contributed by atoms with Gasteiger partial charge < -0.3 is 5.32 Å². The van der Waals surface area contributed by atoms with E-state index in [-0.39, 0.29) is 22.4 Å². The molecule has 0 aliphatic rings. The number of nitrogens with zero attached hydrogens (tertiary/aromatic N) is 3. The summed E-state index contributed by atoms with van der Waals surface area (Å²) in [6, 6.07) is 9.56. The third kappa shape index (κ3) is 3.42. The molecule has 0 aliphatic carbocycles. The predicted octanol–water partition coefficient (Wildman–Crippen LogP) is 4.81. The largest absolute Gasteiger partial charge is 0.434 e. The number of amides is 1. The van der Waals surface area contributed by atoms with Gasteiger partial charge in [0.2, 0.25) is 0 Å². The molecule has 4 aromatic rings. The number of carbonyl (C=O) groups is 1. The monoisotopic (exact) mass is 423 g/mol. The Balaban J connectivity index is 1.76. The van der Waals surface area contributed by atoms with Crippen molar-refractivity contribution in [3.63, 3.8) is 0 Å². The van der Waals surface area contributed by atoms with Crippen LogP contribution in [0.2, 0.25) is 5.02 Å². The first kappa shape index (κ1) is 18.9. The van der Waals surface area contributed by atoms with Crippen molar-refractivity contribution >= 4 is 34.2 Å². The van der Waals surface area contributed by atoms with E-state index in [0.717, 1.165) is 12.3 Å². The third-order valence-corrected chi connectivity index (χ3v) is 4.38. The van der Waals surface area contributed by atoms with Crippen molar-refractivity contribution in [2.24, 2.45) is 0 Å². The zero-order valence-electron chi connectivity index (χ0n) is 14.3. The van der Waals surface area contributed by atoms with Crippen LogP contribution in [0.15, 0.2) is 48.7 Å². The molecule has 148 valence electrons. The molecule has 0 bridgehead atoms. The summed E-state index contributed by atoms with van der Waals surface area (Å²) in [5.41, 5.74) is -1.66. The number of hydrogen-bond acceptors (Lipinski definition) is 3. The van der Waals surface area contributed by atoms with Gasteiger partial charge in [-0.2, -0.15) is 23.4 Å². The average molecular weight is 424 g/mol. The van der Waals surface area contributed by atoms with Crippen LogP contribution in [0.3, 0.4) is 0 Å². The lowest BCUT2D eigenvalue weighted by molar-refractivity contribution is -0.143. The third-order valence-electron chi connectivity index (χ3n) is 4.12. The summed E-state index contributed by atoms with van der Waals surface area (Å²) in [6.45, 7) is 0. The summed E-state index contributed by atoms with van der Waals surface area (Å²) < 4.78 is 55.8. The number of H-pyrrole nitrogens is 1. The van der Waals surface area contributed by atoms with Crippen LogP contribution in [-0.4, -0.2) is 25.9 Å². The molecule has 0 saturated carbocycles. The van der Waals surface area contributed by atoms with Gasteiger partial charge in [0.1, 0.15) is 5.82 Å². The van der Waals surface area contributed by atoms with Gasteiger partial charge in [-0.15, -0.1) is 0 Å². The Morgan fingerprint density at radius 1 is 1.14 bits per heavy atom. The van der Waals surface area contributed by atoms with Crippen LogP contribution < -0.4 is 5.32 Å².